The molecule has 1 unspecified atom stereocenters. The number of benzene rings is 2. The van der Waals surface area contributed by atoms with E-state index in [1.165, 1.54) is 24.3 Å². The van der Waals surface area contributed by atoms with E-state index in [0.717, 1.165) is 0 Å². The molecular formula is C22H15FN2O4. The van der Waals surface area contributed by atoms with Crippen molar-refractivity contribution in [1.29, 1.82) is 5.26 Å². The summed E-state index contributed by atoms with van der Waals surface area (Å²) >= 11 is 0. The topological polar surface area (TPSA) is 98.5 Å². The van der Waals surface area contributed by atoms with Crippen molar-refractivity contribution in [3.05, 3.63) is 99.2 Å². The zero-order valence-electron chi connectivity index (χ0n) is 15.3. The minimum absolute atomic E-state index is 0.0333. The van der Waals surface area contributed by atoms with Crippen molar-refractivity contribution in [3.63, 3.8) is 0 Å². The van der Waals surface area contributed by atoms with E-state index in [1.807, 2.05) is 12.1 Å². The third kappa shape index (κ3) is 3.32. The Morgan fingerprint density at radius 2 is 1.93 bits per heavy atom. The fraction of sp³-hybridized carbons (Fsp3) is 0.0909. The first-order chi connectivity index (χ1) is 14.0. The number of nitrogens with two attached hydrogens (primary N) is 1. The molecule has 0 fully saturated rings. The molecule has 144 valence electrons. The zero-order valence-corrected chi connectivity index (χ0v) is 15.3. The number of hydrogen-bond donors (Lipinski definition) is 1. The number of aryl methyl sites for hydroxylation is 1. The SMILES string of the molecule is Cc1cc2c(c(=O)o1)C(c1ccc(F)c(Oc3ccccc3)c1)C(C#N)=C(N)O2. The number of hydrogen-bond acceptors (Lipinski definition) is 6. The molecule has 29 heavy (non-hydrogen) atoms. The molecule has 7 heteroatoms. The van der Waals surface area contributed by atoms with Crippen molar-refractivity contribution in [2.45, 2.75) is 12.8 Å². The molecule has 2 aromatic carbocycles. The summed E-state index contributed by atoms with van der Waals surface area (Å²) in [7, 11) is 0. The van der Waals surface area contributed by atoms with Gasteiger partial charge in [-0.25, -0.2) is 9.18 Å². The van der Waals surface area contributed by atoms with Gasteiger partial charge in [-0.15, -0.1) is 0 Å². The smallest absolute Gasteiger partial charge is 0.343 e. The van der Waals surface area contributed by atoms with Gasteiger partial charge in [-0.05, 0) is 36.8 Å². The molecule has 4 rings (SSSR count). The molecule has 2 heterocycles. The summed E-state index contributed by atoms with van der Waals surface area (Å²) in [5, 5.41) is 9.62. The molecule has 0 spiro atoms. The molecule has 0 amide bonds. The molecule has 1 aliphatic rings. The van der Waals surface area contributed by atoms with Crippen LogP contribution in [0.1, 0.15) is 22.8 Å². The maximum absolute atomic E-state index is 14.4. The zero-order chi connectivity index (χ0) is 20.5. The van der Waals surface area contributed by atoms with Gasteiger partial charge in [0.1, 0.15) is 28.9 Å². The van der Waals surface area contributed by atoms with E-state index in [-0.39, 0.29) is 28.5 Å². The normalized spacial score (nSPS) is 15.3. The maximum atomic E-state index is 14.4. The largest absolute Gasteiger partial charge is 0.454 e. The van der Waals surface area contributed by atoms with E-state index in [0.29, 0.717) is 17.1 Å². The Kier molecular flexibility index (Phi) is 4.53. The van der Waals surface area contributed by atoms with Crippen LogP contribution in [-0.4, -0.2) is 0 Å². The highest BCUT2D eigenvalue weighted by Gasteiger charge is 2.34. The minimum Gasteiger partial charge on any atom is -0.454 e. The third-order valence-electron chi connectivity index (χ3n) is 4.52. The van der Waals surface area contributed by atoms with E-state index >= 15 is 0 Å². The molecular weight excluding hydrogens is 375 g/mol. The molecule has 1 atom stereocenters. The summed E-state index contributed by atoms with van der Waals surface area (Å²) in [6.45, 7) is 1.60. The lowest BCUT2D eigenvalue weighted by atomic mass is 9.84. The number of nitrogens with zero attached hydrogens (tertiary/aromatic N) is 1. The van der Waals surface area contributed by atoms with E-state index in [1.54, 1.807) is 31.2 Å². The minimum atomic E-state index is -0.876. The van der Waals surface area contributed by atoms with Gasteiger partial charge in [-0.2, -0.15) is 5.26 Å². The van der Waals surface area contributed by atoms with Gasteiger partial charge in [0.05, 0.1) is 11.5 Å². The van der Waals surface area contributed by atoms with Crippen LogP contribution in [0.15, 0.2) is 75.3 Å². The second kappa shape index (κ2) is 7.17. The lowest BCUT2D eigenvalue weighted by Crippen LogP contribution is -2.26. The highest BCUT2D eigenvalue weighted by atomic mass is 19.1. The first kappa shape index (κ1) is 18.3. The van der Waals surface area contributed by atoms with Crippen LogP contribution in [0.2, 0.25) is 0 Å². The predicted molar refractivity (Wildman–Crippen MR) is 102 cm³/mol. The highest BCUT2D eigenvalue weighted by molar-refractivity contribution is 5.55. The summed E-state index contributed by atoms with van der Waals surface area (Å²) in [6, 6.07) is 16.3. The third-order valence-corrected chi connectivity index (χ3v) is 4.52. The van der Waals surface area contributed by atoms with Gasteiger partial charge in [0.15, 0.2) is 11.6 Å². The van der Waals surface area contributed by atoms with Crippen LogP contribution in [0.5, 0.6) is 17.2 Å². The number of nitriles is 1. The molecule has 3 aromatic rings. The first-order valence-electron chi connectivity index (χ1n) is 8.72. The van der Waals surface area contributed by atoms with Gasteiger partial charge in [-0.3, -0.25) is 0 Å². The second-order valence-electron chi connectivity index (χ2n) is 6.45. The van der Waals surface area contributed by atoms with Gasteiger partial charge in [0, 0.05) is 6.07 Å². The Labute approximate surface area is 165 Å². The number of ether oxygens (including phenoxy) is 2. The van der Waals surface area contributed by atoms with Gasteiger partial charge in [-0.1, -0.05) is 24.3 Å². The predicted octanol–water partition coefficient (Wildman–Crippen LogP) is 4.10. The fourth-order valence-electron chi connectivity index (χ4n) is 3.24. The van der Waals surface area contributed by atoms with E-state index in [4.69, 9.17) is 19.6 Å². The number of allylic oxidation sites excluding steroid dienone is 1. The summed E-state index contributed by atoms with van der Waals surface area (Å²) in [5.74, 6) is -0.640. The van der Waals surface area contributed by atoms with Crippen molar-refractivity contribution in [1.82, 2.24) is 0 Å². The maximum Gasteiger partial charge on any atom is 0.343 e. The van der Waals surface area contributed by atoms with E-state index < -0.39 is 17.4 Å². The van der Waals surface area contributed by atoms with Gasteiger partial charge in [0.2, 0.25) is 5.88 Å². The summed E-state index contributed by atoms with van der Waals surface area (Å²) in [5.41, 5.74) is 5.87. The average molecular weight is 390 g/mol. The van der Waals surface area contributed by atoms with Crippen LogP contribution >= 0.6 is 0 Å². The first-order valence-corrected chi connectivity index (χ1v) is 8.72. The molecule has 6 nitrogen and oxygen atoms in total. The molecule has 0 saturated carbocycles. The van der Waals surface area contributed by atoms with Crippen LogP contribution in [0.25, 0.3) is 0 Å². The van der Waals surface area contributed by atoms with Crippen LogP contribution < -0.4 is 20.8 Å². The van der Waals surface area contributed by atoms with Gasteiger partial charge >= 0.3 is 5.63 Å². The summed E-state index contributed by atoms with van der Waals surface area (Å²) in [4.78, 5) is 12.6. The Morgan fingerprint density at radius 3 is 2.66 bits per heavy atom. The number of fused-ring (bicyclic) bond motifs is 1. The van der Waals surface area contributed by atoms with Crippen LogP contribution in [0.3, 0.4) is 0 Å². The van der Waals surface area contributed by atoms with Crippen LogP contribution in [0.4, 0.5) is 4.39 Å². The van der Waals surface area contributed by atoms with E-state index in [2.05, 4.69) is 0 Å². The van der Waals surface area contributed by atoms with Crippen molar-refractivity contribution >= 4 is 0 Å². The Hall–Kier alpha value is -4.05. The summed E-state index contributed by atoms with van der Waals surface area (Å²) < 4.78 is 30.7. The van der Waals surface area contributed by atoms with Crippen molar-refractivity contribution in [2.75, 3.05) is 0 Å². The fourth-order valence-corrected chi connectivity index (χ4v) is 3.24. The van der Waals surface area contributed by atoms with Gasteiger partial charge in [0.25, 0.3) is 0 Å². The van der Waals surface area contributed by atoms with Crippen molar-refractivity contribution in [3.8, 4) is 23.3 Å². The van der Waals surface area contributed by atoms with Crippen molar-refractivity contribution < 1.29 is 18.3 Å². The van der Waals surface area contributed by atoms with E-state index in [9.17, 15) is 14.4 Å². The molecule has 1 aliphatic heterocycles. The molecule has 0 aliphatic carbocycles. The monoisotopic (exact) mass is 390 g/mol. The molecule has 0 saturated heterocycles. The Bertz CT molecular complexity index is 1230. The number of rotatable bonds is 3. The Morgan fingerprint density at radius 1 is 1.17 bits per heavy atom. The summed E-state index contributed by atoms with van der Waals surface area (Å²) in [6.07, 6.45) is 0. The lowest BCUT2D eigenvalue weighted by Gasteiger charge is -2.25. The van der Waals surface area contributed by atoms with Crippen molar-refractivity contribution in [2.24, 2.45) is 5.73 Å². The lowest BCUT2D eigenvalue weighted by molar-refractivity contribution is 0.371. The van der Waals surface area contributed by atoms with Gasteiger partial charge < -0.3 is 19.6 Å². The second-order valence-corrected chi connectivity index (χ2v) is 6.45. The standard InChI is InChI=1S/C22H15FN2O4/c1-12-9-18-20(22(26)27-12)19(15(11-24)21(25)29-18)13-7-8-16(23)17(10-13)28-14-5-3-2-4-6-14/h2-10,19H,25H2,1H3. The average Bonchev–Trinajstić information content (AvgIpc) is 2.69. The Balaban J connectivity index is 1.87. The molecule has 2 N–H and O–H groups in total. The number of halogens is 1. The number of para-hydroxylation sites is 1. The van der Waals surface area contributed by atoms with Crippen LogP contribution in [0, 0.1) is 24.1 Å². The molecule has 0 radical (unpaired) electrons. The quantitative estimate of drug-likeness (QED) is 0.723. The molecule has 1 aromatic heterocycles. The molecule has 0 bridgehead atoms. The highest BCUT2D eigenvalue weighted by Crippen LogP contribution is 2.41. The van der Waals surface area contributed by atoms with Crippen LogP contribution in [-0.2, 0) is 0 Å².